The monoisotopic (exact) mass is 1590 g/mol. The fourth-order valence-electron chi connectivity index (χ4n) is 12.1. The molecule has 0 unspecified atom stereocenters. The van der Waals surface area contributed by atoms with Gasteiger partial charge in [-0.2, -0.15) is 0 Å². The Morgan fingerprint density at radius 2 is 0.901 bits per heavy atom. The van der Waals surface area contributed by atoms with Crippen LogP contribution in [-0.4, -0.2) is 125 Å². The van der Waals surface area contributed by atoms with Crippen LogP contribution in [0.2, 0.25) is 5.02 Å². The molecule has 0 atom stereocenters. The number of pyridine rings is 1. The number of nitrogens with one attached hydrogen (secondary N) is 4. The fourth-order valence-corrected chi connectivity index (χ4v) is 16.9. The zero-order valence-corrected chi connectivity index (χ0v) is 66.5. The van der Waals surface area contributed by atoms with Crippen molar-refractivity contribution < 1.29 is 53.7 Å². The van der Waals surface area contributed by atoms with E-state index in [9.17, 15) is 43.3 Å². The third kappa shape index (κ3) is 15.4. The van der Waals surface area contributed by atoms with E-state index >= 15 is 0 Å². The Labute approximate surface area is 652 Å². The molecule has 0 saturated carbocycles. The topological polar surface area (TPSA) is 339 Å². The zero-order chi connectivity index (χ0) is 79.4. The van der Waals surface area contributed by atoms with Gasteiger partial charge in [0.25, 0.3) is 10.0 Å². The van der Waals surface area contributed by atoms with Gasteiger partial charge < -0.3 is 25.0 Å². The second-order valence-corrected chi connectivity index (χ2v) is 38.8. The minimum absolute atomic E-state index is 0. The molecular formula is C82H86ClN13O11S4. The lowest BCUT2D eigenvalue weighted by molar-refractivity contribution is -0.123. The molecule has 0 fully saturated rings. The number of para-hydroxylation sites is 1. The number of halogens is 1. The molecule has 6 aromatic carbocycles. The van der Waals surface area contributed by atoms with Gasteiger partial charge in [-0.3, -0.25) is 4.79 Å². The van der Waals surface area contributed by atoms with Gasteiger partial charge in [0, 0.05) is 102 Å². The summed E-state index contributed by atoms with van der Waals surface area (Å²) in [6.45, 7) is 20.9. The number of aromatic nitrogens is 12. The maximum absolute atomic E-state index is 13.6. The van der Waals surface area contributed by atoms with Crippen molar-refractivity contribution in [3.8, 4) is 67.3 Å². The van der Waals surface area contributed by atoms with E-state index in [1.54, 1.807) is 225 Å². The number of ether oxygens (including phenoxy) is 1. The van der Waals surface area contributed by atoms with Crippen molar-refractivity contribution in [2.45, 2.75) is 124 Å². The number of amides is 1. The summed E-state index contributed by atoms with van der Waals surface area (Å²) in [6, 6.07) is 46.4. The van der Waals surface area contributed by atoms with Crippen molar-refractivity contribution in [2.75, 3.05) is 5.32 Å². The Morgan fingerprint density at radius 1 is 0.468 bits per heavy atom. The second kappa shape index (κ2) is 30.0. The van der Waals surface area contributed by atoms with Crippen LogP contribution < -0.4 is 5.32 Å². The highest BCUT2D eigenvalue weighted by Gasteiger charge is 2.30. The van der Waals surface area contributed by atoms with E-state index in [1.165, 1.54) is 8.54 Å². The van der Waals surface area contributed by atoms with Gasteiger partial charge in [0.1, 0.15) is 28.0 Å². The first-order chi connectivity index (χ1) is 52.5. The van der Waals surface area contributed by atoms with Gasteiger partial charge in [-0.25, -0.2) is 81.9 Å². The van der Waals surface area contributed by atoms with Gasteiger partial charge in [0.15, 0.2) is 46.5 Å². The molecule has 0 radical (unpaired) electrons. The number of carbonyl (C=O) groups is 2. The van der Waals surface area contributed by atoms with Gasteiger partial charge in [-0.05, 0) is 147 Å². The molecule has 111 heavy (non-hydrogen) atoms. The predicted octanol–water partition coefficient (Wildman–Crippen LogP) is 18.4. The third-order valence-corrected chi connectivity index (χ3v) is 26.9. The van der Waals surface area contributed by atoms with Crippen molar-refractivity contribution in [2.24, 2.45) is 5.41 Å². The Kier molecular flexibility index (Phi) is 21.0. The van der Waals surface area contributed by atoms with Crippen molar-refractivity contribution in [3.05, 3.63) is 218 Å². The molecule has 0 bridgehead atoms. The molecule has 1 amide bonds. The van der Waals surface area contributed by atoms with Crippen molar-refractivity contribution in [1.29, 1.82) is 0 Å². The van der Waals surface area contributed by atoms with Crippen LogP contribution in [0.3, 0.4) is 0 Å². The van der Waals surface area contributed by atoms with E-state index in [-0.39, 0.29) is 31.2 Å². The van der Waals surface area contributed by atoms with Crippen LogP contribution in [0.1, 0.15) is 88.8 Å². The van der Waals surface area contributed by atoms with Gasteiger partial charge in [0.05, 0.1) is 87.7 Å². The molecule has 15 aromatic rings. The molecule has 9 heterocycles. The van der Waals surface area contributed by atoms with Crippen LogP contribution in [0.4, 0.5) is 10.6 Å². The Balaban J connectivity index is 0.000000194. The molecule has 24 nitrogen and oxygen atoms in total. The largest absolute Gasteiger partial charge is 0.443 e. The summed E-state index contributed by atoms with van der Waals surface area (Å²) in [5.74, 6) is 0.300. The highest BCUT2D eigenvalue weighted by atomic mass is 35.5. The standard InChI is InChI=1S/C29H24N4O4S2.C28H27ClN4O4S.C25H27N5O3S.4H2/c1-19(2)38(34,35)21-14-12-20(13-15-21)26-17-31-29-28(32-26)24(16-30-29)25-18-33(27-11-7-6-10-23(25)27)39(36,37)22-8-4-3-5-9-22;1-16(2)38(35,36)18-11-9-17(10-12-18)22-15-31-26-25(32-22)20(14-30-26)24-13-19-21(29)7-6-8-23(19)33(24)27(34)37-28(3,4)5;1-15(2)34(32,33)17-10-8-16(9-11-17)20-14-28-23-21(29-20)19(13-27-23)18-7-6-12-26-22(18)30-24(31)25(3,4)5;;;;/h3-19H,1-2H3,(H,30,31);6-16H,1-5H3,(H,30,31);6-15H,1-5H3,(H,27,28)(H,26,30,31);4*1H. The van der Waals surface area contributed by atoms with E-state index in [1.807, 2.05) is 71.9 Å². The van der Waals surface area contributed by atoms with E-state index in [2.05, 4.69) is 40.2 Å². The molecule has 4 N–H and O–H groups in total. The van der Waals surface area contributed by atoms with E-state index < -0.39 is 72.4 Å². The summed E-state index contributed by atoms with van der Waals surface area (Å²) in [6.07, 6.45) is 12.9. The normalized spacial score (nSPS) is 12.4. The number of fused-ring (bicyclic) bond motifs is 5. The number of H-pyrrole nitrogens is 3. The number of aromatic amines is 3. The third-order valence-electron chi connectivity index (χ3n) is 18.4. The first-order valence-electron chi connectivity index (χ1n) is 35.3. The van der Waals surface area contributed by atoms with Gasteiger partial charge in [0.2, 0.25) is 5.91 Å². The minimum Gasteiger partial charge on any atom is -0.443 e. The van der Waals surface area contributed by atoms with Crippen LogP contribution >= 0.6 is 11.6 Å². The SMILES string of the molecule is CC(C)S(=O)(=O)c1ccc(-c2cnc3[nH]cc(-c4cc5c(Cl)cccc5n4C(=O)OC(C)(C)C)c3n2)cc1.CC(C)S(=O)(=O)c1ccc(-c2cnc3[nH]cc(-c4cccnc4NC(=O)C(C)(C)C)c3n2)cc1.CC(C)S(=O)(=O)c1ccc(-c2cnc3[nH]cc(-c4cn(S(=O)(=O)c5ccccc5)c5ccccc45)c3n2)cc1.[HH].[HH].[HH].[HH]. The first kappa shape index (κ1) is 77.6. The number of nitrogens with zero attached hydrogens (tertiary/aromatic N) is 9. The molecule has 0 saturated heterocycles. The van der Waals surface area contributed by atoms with Crippen LogP contribution in [0.15, 0.2) is 233 Å². The Hall–Kier alpha value is -11.6. The van der Waals surface area contributed by atoms with E-state index in [0.29, 0.717) is 111 Å². The lowest BCUT2D eigenvalue weighted by atomic mass is 9.95. The van der Waals surface area contributed by atoms with Crippen molar-refractivity contribution in [1.82, 2.24) is 58.4 Å². The van der Waals surface area contributed by atoms with E-state index in [4.69, 9.17) is 31.3 Å². The molecular weight excluding hydrogens is 1510 g/mol. The highest BCUT2D eigenvalue weighted by Crippen LogP contribution is 2.40. The van der Waals surface area contributed by atoms with Gasteiger partial charge in [-0.15, -0.1) is 0 Å². The molecule has 0 spiro atoms. The van der Waals surface area contributed by atoms with Crippen LogP contribution in [0.25, 0.3) is 123 Å². The van der Waals surface area contributed by atoms with Crippen molar-refractivity contribution in [3.63, 3.8) is 0 Å². The number of rotatable bonds is 15. The number of benzene rings is 6. The average Bonchev–Trinajstić information content (AvgIpc) is 1.49. The van der Waals surface area contributed by atoms with Crippen LogP contribution in [0, 0.1) is 5.41 Å². The molecule has 0 aliphatic heterocycles. The van der Waals surface area contributed by atoms with Gasteiger partial charge >= 0.3 is 6.09 Å². The van der Waals surface area contributed by atoms with Gasteiger partial charge in [-0.1, -0.05) is 111 Å². The quantitative estimate of drug-likeness (QED) is 0.0741. The molecule has 29 heteroatoms. The van der Waals surface area contributed by atoms with E-state index in [0.717, 1.165) is 22.1 Å². The smallest absolute Gasteiger partial charge is 0.419 e. The maximum Gasteiger partial charge on any atom is 0.419 e. The Bertz CT molecular complexity index is 6610. The number of sulfone groups is 3. The average molecular weight is 1590 g/mol. The maximum atomic E-state index is 13.6. The predicted molar refractivity (Wildman–Crippen MR) is 442 cm³/mol. The number of hydrogen-bond donors (Lipinski definition) is 4. The number of carbonyl (C=O) groups excluding carboxylic acids is 2. The lowest BCUT2D eigenvalue weighted by Gasteiger charge is -2.21. The zero-order valence-electron chi connectivity index (χ0n) is 62.5. The fraction of sp³-hybridized carbons (Fsp3) is 0.207. The summed E-state index contributed by atoms with van der Waals surface area (Å²) in [4.78, 5) is 68.7. The highest BCUT2D eigenvalue weighted by molar-refractivity contribution is 7.92. The summed E-state index contributed by atoms with van der Waals surface area (Å²) in [5.41, 5.74) is 11.3. The first-order valence-corrected chi connectivity index (χ1v) is 41.8. The summed E-state index contributed by atoms with van der Waals surface area (Å²) in [7, 11) is -14.0. The molecule has 9 aromatic heterocycles. The molecule has 0 aliphatic carbocycles. The molecule has 576 valence electrons. The minimum atomic E-state index is -3.84. The van der Waals surface area contributed by atoms with Crippen LogP contribution in [0.5, 0.6) is 0 Å². The van der Waals surface area contributed by atoms with Crippen molar-refractivity contribution >= 4 is 124 Å². The lowest BCUT2D eigenvalue weighted by Crippen LogP contribution is -2.28. The summed E-state index contributed by atoms with van der Waals surface area (Å²) in [5, 5.41) is 3.35. The van der Waals surface area contributed by atoms with Crippen LogP contribution in [-0.2, 0) is 49.1 Å². The number of hydrogen-bond acceptors (Lipinski definition) is 18. The summed E-state index contributed by atoms with van der Waals surface area (Å²) >= 11 is 6.49. The second-order valence-electron chi connectivity index (χ2n) is 29.1. The molecule has 15 rings (SSSR count). The molecule has 0 aliphatic rings. The summed E-state index contributed by atoms with van der Waals surface area (Å²) < 4.78 is 111. The Morgan fingerprint density at radius 3 is 1.36 bits per heavy atom. The number of anilines is 1.